The van der Waals surface area contributed by atoms with Crippen LogP contribution in [0, 0.1) is 18.8 Å². The van der Waals surface area contributed by atoms with Gasteiger partial charge in [-0.2, -0.15) is 0 Å². The molecular formula is C34H37ClN8O. The molecule has 0 unspecified atom stereocenters. The van der Waals surface area contributed by atoms with Gasteiger partial charge in [0.25, 0.3) is 5.91 Å². The van der Waals surface area contributed by atoms with E-state index in [2.05, 4.69) is 60.7 Å². The number of piperidine rings is 1. The van der Waals surface area contributed by atoms with E-state index in [0.29, 0.717) is 39.3 Å². The van der Waals surface area contributed by atoms with Gasteiger partial charge in [-0.1, -0.05) is 29.5 Å². The van der Waals surface area contributed by atoms with Crippen molar-refractivity contribution in [1.29, 1.82) is 0 Å². The van der Waals surface area contributed by atoms with Crippen LogP contribution < -0.4 is 16.4 Å². The summed E-state index contributed by atoms with van der Waals surface area (Å²) in [7, 11) is 2.21. The first-order valence-electron chi connectivity index (χ1n) is 15.0. The molecule has 9 nitrogen and oxygen atoms in total. The largest absolute Gasteiger partial charge is 0.371 e. The first-order valence-corrected chi connectivity index (χ1v) is 15.3. The van der Waals surface area contributed by atoms with Crippen molar-refractivity contribution in [2.75, 3.05) is 56.9 Å². The van der Waals surface area contributed by atoms with E-state index < -0.39 is 5.91 Å². The number of aromatic nitrogens is 3. The Morgan fingerprint density at radius 1 is 1.00 bits per heavy atom. The third kappa shape index (κ3) is 6.43. The predicted octanol–water partition coefficient (Wildman–Crippen LogP) is 4.40. The summed E-state index contributed by atoms with van der Waals surface area (Å²) in [5, 5.41) is 0.552. The van der Waals surface area contributed by atoms with E-state index in [0.717, 1.165) is 42.9 Å². The monoisotopic (exact) mass is 608 g/mol. The number of nitrogens with one attached hydrogen (secondary N) is 1. The first kappa shape index (κ1) is 29.7. The Labute approximate surface area is 263 Å². The molecule has 1 amide bonds. The zero-order valence-corrected chi connectivity index (χ0v) is 25.9. The molecule has 5 N–H and O–H groups in total. The van der Waals surface area contributed by atoms with Gasteiger partial charge in [0.1, 0.15) is 5.69 Å². The summed E-state index contributed by atoms with van der Waals surface area (Å²) in [6, 6.07) is 16.2. The van der Waals surface area contributed by atoms with Gasteiger partial charge in [0.2, 0.25) is 5.95 Å². The van der Waals surface area contributed by atoms with Gasteiger partial charge in [-0.3, -0.25) is 9.69 Å². The van der Waals surface area contributed by atoms with E-state index in [4.69, 9.17) is 23.1 Å². The fourth-order valence-corrected chi connectivity index (χ4v) is 6.29. The molecule has 4 heterocycles. The number of nitrogens with zero attached hydrogens (tertiary/aromatic N) is 5. The lowest BCUT2D eigenvalue weighted by Crippen LogP contribution is -2.52. The summed E-state index contributed by atoms with van der Waals surface area (Å²) in [5.41, 5.74) is 18.0. The lowest BCUT2D eigenvalue weighted by Gasteiger charge is -2.42. The highest BCUT2D eigenvalue weighted by Gasteiger charge is 2.27. The Bertz CT molecular complexity index is 1720. The number of piperazine rings is 1. The zero-order chi connectivity index (χ0) is 30.8. The molecule has 44 heavy (non-hydrogen) atoms. The van der Waals surface area contributed by atoms with E-state index in [1.807, 2.05) is 25.1 Å². The van der Waals surface area contributed by atoms with Crippen LogP contribution in [0.5, 0.6) is 0 Å². The summed E-state index contributed by atoms with van der Waals surface area (Å²) in [6.07, 6.45) is 3.98. The SMILES string of the molecule is Cc1ccc(Cl)cc1-c1[nH]c(-c2nc(N)ncc2C#Cc2ccc(N3CCC(N4CCN(C)CC4)CC3)cc2)cc1C(N)=O. The van der Waals surface area contributed by atoms with Crippen LogP contribution in [-0.2, 0) is 0 Å². The number of aryl methyl sites for hydroxylation is 1. The Hall–Kier alpha value is -4.36. The van der Waals surface area contributed by atoms with Crippen LogP contribution >= 0.6 is 11.6 Å². The van der Waals surface area contributed by atoms with Gasteiger partial charge in [-0.05, 0) is 74.8 Å². The van der Waals surface area contributed by atoms with Crippen LogP contribution in [0.4, 0.5) is 11.6 Å². The molecule has 2 aromatic carbocycles. The number of aromatic amines is 1. The average Bonchev–Trinajstić information content (AvgIpc) is 3.48. The number of likely N-dealkylation sites (N-methyl/N-ethyl adjacent to an activating group) is 1. The molecule has 2 aromatic heterocycles. The number of halogens is 1. The van der Waals surface area contributed by atoms with Crippen molar-refractivity contribution in [3.63, 3.8) is 0 Å². The third-order valence-electron chi connectivity index (χ3n) is 8.71. The van der Waals surface area contributed by atoms with Crippen molar-refractivity contribution in [3.05, 3.63) is 82.0 Å². The number of carbonyl (C=O) groups excluding carboxylic acids is 1. The maximum absolute atomic E-state index is 12.4. The van der Waals surface area contributed by atoms with E-state index in [9.17, 15) is 4.79 Å². The maximum Gasteiger partial charge on any atom is 0.250 e. The van der Waals surface area contributed by atoms with E-state index in [-0.39, 0.29) is 5.95 Å². The number of benzene rings is 2. The highest BCUT2D eigenvalue weighted by atomic mass is 35.5. The number of primary amides is 1. The first-order chi connectivity index (χ1) is 21.2. The Morgan fingerprint density at radius 3 is 2.43 bits per heavy atom. The van der Waals surface area contributed by atoms with Crippen LogP contribution in [0.2, 0.25) is 5.02 Å². The molecule has 0 saturated carbocycles. The van der Waals surface area contributed by atoms with Crippen LogP contribution in [0.3, 0.4) is 0 Å². The second-order valence-electron chi connectivity index (χ2n) is 11.6. The molecule has 2 fully saturated rings. The lowest BCUT2D eigenvalue weighted by molar-refractivity contribution is 0.0982. The molecule has 0 atom stereocenters. The van der Waals surface area contributed by atoms with Gasteiger partial charge >= 0.3 is 0 Å². The highest BCUT2D eigenvalue weighted by molar-refractivity contribution is 6.31. The lowest BCUT2D eigenvalue weighted by atomic mass is 10.0. The minimum Gasteiger partial charge on any atom is -0.371 e. The van der Waals surface area contributed by atoms with Gasteiger partial charge in [0.15, 0.2) is 0 Å². The normalized spacial score (nSPS) is 16.5. The number of hydrogen-bond acceptors (Lipinski definition) is 7. The second-order valence-corrected chi connectivity index (χ2v) is 12.1. The van der Waals surface area contributed by atoms with E-state index in [1.165, 1.54) is 31.6 Å². The maximum atomic E-state index is 12.4. The molecule has 0 radical (unpaired) electrons. The van der Waals surface area contributed by atoms with E-state index >= 15 is 0 Å². The molecule has 2 aliphatic rings. The Kier molecular flexibility index (Phi) is 8.58. The molecule has 0 bridgehead atoms. The quantitative estimate of drug-likeness (QED) is 0.287. The number of rotatable bonds is 5. The van der Waals surface area contributed by atoms with Gasteiger partial charge in [-0.25, -0.2) is 9.97 Å². The van der Waals surface area contributed by atoms with Crippen LogP contribution in [0.1, 0.15) is 39.9 Å². The molecule has 4 aromatic rings. The van der Waals surface area contributed by atoms with Crippen molar-refractivity contribution in [2.45, 2.75) is 25.8 Å². The van der Waals surface area contributed by atoms with Crippen molar-refractivity contribution >= 4 is 29.1 Å². The molecule has 0 aliphatic carbocycles. The van der Waals surface area contributed by atoms with Crippen molar-refractivity contribution in [2.24, 2.45) is 5.73 Å². The number of anilines is 2. The number of H-pyrrole nitrogens is 1. The van der Waals surface area contributed by atoms with Gasteiger partial charge < -0.3 is 26.3 Å². The van der Waals surface area contributed by atoms with Crippen LogP contribution in [0.15, 0.2) is 54.7 Å². The standard InChI is InChI=1S/C34H37ClN8O/c1-22-3-8-25(35)19-28(22)32-29(33(36)44)20-30(39-32)31-24(21-38-34(37)40-31)7-4-23-5-9-26(10-6-23)42-13-11-27(12-14-42)43-17-15-41(2)16-18-43/h3,5-6,8-10,19-21,27,39H,11-18H2,1-2H3,(H2,36,44)(H2,37,38,40). The number of nitrogens with two attached hydrogens (primary N) is 2. The molecule has 6 rings (SSSR count). The second kappa shape index (κ2) is 12.7. The summed E-state index contributed by atoms with van der Waals surface area (Å²) >= 11 is 6.27. The third-order valence-corrected chi connectivity index (χ3v) is 8.94. The number of hydrogen-bond donors (Lipinski definition) is 3. The molecule has 10 heteroatoms. The van der Waals surface area contributed by atoms with Crippen LogP contribution in [0.25, 0.3) is 22.6 Å². The summed E-state index contributed by atoms with van der Waals surface area (Å²) in [6.45, 7) is 8.75. The highest BCUT2D eigenvalue weighted by Crippen LogP contribution is 2.33. The minimum atomic E-state index is -0.569. The van der Waals surface area contributed by atoms with Crippen molar-refractivity contribution < 1.29 is 4.79 Å². The van der Waals surface area contributed by atoms with Gasteiger partial charge in [-0.15, -0.1) is 0 Å². The van der Waals surface area contributed by atoms with Gasteiger partial charge in [0, 0.05) is 73.3 Å². The summed E-state index contributed by atoms with van der Waals surface area (Å²) in [4.78, 5) is 31.9. The fourth-order valence-electron chi connectivity index (χ4n) is 6.12. The predicted molar refractivity (Wildman–Crippen MR) is 177 cm³/mol. The fraction of sp³-hybridized carbons (Fsp3) is 0.324. The molecule has 0 spiro atoms. The van der Waals surface area contributed by atoms with E-state index in [1.54, 1.807) is 24.4 Å². The number of carbonyl (C=O) groups is 1. The Balaban J connectivity index is 1.20. The smallest absolute Gasteiger partial charge is 0.250 e. The van der Waals surface area contributed by atoms with Crippen LogP contribution in [-0.4, -0.2) is 83.0 Å². The minimum absolute atomic E-state index is 0.0991. The van der Waals surface area contributed by atoms with Gasteiger partial charge in [0.05, 0.1) is 22.5 Å². The Morgan fingerprint density at radius 2 is 1.73 bits per heavy atom. The molecule has 2 aliphatic heterocycles. The molecule has 226 valence electrons. The zero-order valence-electron chi connectivity index (χ0n) is 25.1. The number of amides is 1. The summed E-state index contributed by atoms with van der Waals surface area (Å²) in [5.74, 6) is 5.98. The molecular weight excluding hydrogens is 572 g/mol. The summed E-state index contributed by atoms with van der Waals surface area (Å²) < 4.78 is 0. The topological polar surface area (TPSA) is 120 Å². The number of nitrogen functional groups attached to an aromatic ring is 1. The van der Waals surface area contributed by atoms with Crippen molar-refractivity contribution in [1.82, 2.24) is 24.8 Å². The average molecular weight is 609 g/mol. The molecule has 2 saturated heterocycles. The van der Waals surface area contributed by atoms with Crippen molar-refractivity contribution in [3.8, 4) is 34.5 Å².